The van der Waals surface area contributed by atoms with E-state index in [0.29, 0.717) is 25.3 Å². The fourth-order valence-corrected chi connectivity index (χ4v) is 1.15. The quantitative estimate of drug-likeness (QED) is 0.709. The summed E-state index contributed by atoms with van der Waals surface area (Å²) in [7, 11) is 0. The van der Waals surface area contributed by atoms with Gasteiger partial charge in [0.2, 0.25) is 0 Å². The minimum atomic E-state index is -0.202. The molecule has 0 radical (unpaired) electrons. The zero-order chi connectivity index (χ0) is 10.2. The first-order valence-corrected chi connectivity index (χ1v) is 4.86. The number of hydrogen-bond donors (Lipinski definition) is 1. The predicted octanol–water partition coefficient (Wildman–Crippen LogP) is 2.08. The van der Waals surface area contributed by atoms with E-state index in [1.54, 1.807) is 12.1 Å². The Bertz CT molecular complexity index is 265. The smallest absolute Gasteiger partial charge is 0.128 e. The second-order valence-corrected chi connectivity index (χ2v) is 3.14. The molecule has 0 aromatic heterocycles. The third-order valence-corrected chi connectivity index (χ3v) is 1.96. The molecule has 3 heteroatoms. The van der Waals surface area contributed by atoms with Crippen LogP contribution >= 0.6 is 0 Å². The van der Waals surface area contributed by atoms with Gasteiger partial charge in [-0.15, -0.1) is 0 Å². The van der Waals surface area contributed by atoms with Gasteiger partial charge in [-0.1, -0.05) is 18.2 Å². The largest absolute Gasteiger partial charge is 0.377 e. The third kappa shape index (κ3) is 3.85. The molecule has 0 aliphatic heterocycles. The van der Waals surface area contributed by atoms with Gasteiger partial charge in [-0.25, -0.2) is 4.39 Å². The molecular formula is C11H16FNO. The molecule has 0 spiro atoms. The first kappa shape index (κ1) is 11.1. The van der Waals surface area contributed by atoms with Gasteiger partial charge < -0.3 is 10.5 Å². The van der Waals surface area contributed by atoms with Gasteiger partial charge in [0.1, 0.15) is 5.82 Å². The summed E-state index contributed by atoms with van der Waals surface area (Å²) in [4.78, 5) is 0. The van der Waals surface area contributed by atoms with Crippen LogP contribution in [0.5, 0.6) is 0 Å². The normalized spacial score (nSPS) is 10.4. The van der Waals surface area contributed by atoms with Crippen LogP contribution in [0.25, 0.3) is 0 Å². The number of hydrogen-bond acceptors (Lipinski definition) is 2. The molecule has 78 valence electrons. The Morgan fingerprint density at radius 3 is 2.71 bits per heavy atom. The van der Waals surface area contributed by atoms with Crippen LogP contribution < -0.4 is 5.73 Å². The highest BCUT2D eigenvalue weighted by atomic mass is 19.1. The Balaban J connectivity index is 2.21. The van der Waals surface area contributed by atoms with Crippen LogP contribution in [0.2, 0.25) is 0 Å². The molecule has 0 saturated heterocycles. The van der Waals surface area contributed by atoms with Crippen LogP contribution in [0.1, 0.15) is 18.4 Å². The summed E-state index contributed by atoms with van der Waals surface area (Å²) in [5, 5.41) is 0. The lowest BCUT2D eigenvalue weighted by Gasteiger charge is -2.04. The van der Waals surface area contributed by atoms with Crippen molar-refractivity contribution in [1.82, 2.24) is 0 Å². The van der Waals surface area contributed by atoms with Gasteiger partial charge in [0, 0.05) is 12.2 Å². The summed E-state index contributed by atoms with van der Waals surface area (Å²) in [6.07, 6.45) is 1.89. The molecule has 0 saturated carbocycles. The standard InChI is InChI=1S/C11H16FNO/c12-11-6-2-1-5-10(11)9-14-8-4-3-7-13/h1-2,5-6H,3-4,7-9,13H2. The summed E-state index contributed by atoms with van der Waals surface area (Å²) in [6, 6.07) is 6.66. The molecule has 2 N–H and O–H groups in total. The van der Waals surface area contributed by atoms with E-state index in [4.69, 9.17) is 10.5 Å². The molecule has 0 fully saturated rings. The van der Waals surface area contributed by atoms with Crippen LogP contribution in [0.15, 0.2) is 24.3 Å². The van der Waals surface area contributed by atoms with Crippen LogP contribution in [0.4, 0.5) is 4.39 Å². The molecule has 0 aliphatic rings. The van der Waals surface area contributed by atoms with Crippen molar-refractivity contribution in [3.05, 3.63) is 35.6 Å². The minimum absolute atomic E-state index is 0.202. The molecule has 14 heavy (non-hydrogen) atoms. The molecule has 0 bridgehead atoms. The lowest BCUT2D eigenvalue weighted by Crippen LogP contribution is -2.02. The highest BCUT2D eigenvalue weighted by Crippen LogP contribution is 2.07. The van der Waals surface area contributed by atoms with Crippen molar-refractivity contribution in [2.24, 2.45) is 5.73 Å². The van der Waals surface area contributed by atoms with E-state index in [1.165, 1.54) is 6.07 Å². The van der Waals surface area contributed by atoms with Crippen molar-refractivity contribution in [3.63, 3.8) is 0 Å². The van der Waals surface area contributed by atoms with Crippen LogP contribution in [-0.2, 0) is 11.3 Å². The number of rotatable bonds is 6. The number of halogens is 1. The zero-order valence-corrected chi connectivity index (χ0v) is 8.21. The fraction of sp³-hybridized carbons (Fsp3) is 0.455. The minimum Gasteiger partial charge on any atom is -0.377 e. The Labute approximate surface area is 83.9 Å². The maximum Gasteiger partial charge on any atom is 0.128 e. The first-order chi connectivity index (χ1) is 6.84. The molecule has 0 heterocycles. The number of ether oxygens (including phenoxy) is 1. The maximum atomic E-state index is 13.1. The van der Waals surface area contributed by atoms with E-state index >= 15 is 0 Å². The summed E-state index contributed by atoms with van der Waals surface area (Å²) in [6.45, 7) is 1.67. The molecule has 1 aromatic carbocycles. The Morgan fingerprint density at radius 1 is 1.21 bits per heavy atom. The third-order valence-electron chi connectivity index (χ3n) is 1.96. The van der Waals surface area contributed by atoms with Gasteiger partial charge in [-0.05, 0) is 25.5 Å². The second kappa shape index (κ2) is 6.51. The van der Waals surface area contributed by atoms with Gasteiger partial charge >= 0.3 is 0 Å². The van der Waals surface area contributed by atoms with E-state index in [-0.39, 0.29) is 5.82 Å². The van der Waals surface area contributed by atoms with E-state index in [2.05, 4.69) is 0 Å². The van der Waals surface area contributed by atoms with E-state index in [1.807, 2.05) is 6.07 Å². The molecule has 2 nitrogen and oxygen atoms in total. The van der Waals surface area contributed by atoms with Crippen molar-refractivity contribution in [1.29, 1.82) is 0 Å². The first-order valence-electron chi connectivity index (χ1n) is 4.86. The lowest BCUT2D eigenvalue weighted by atomic mass is 10.2. The summed E-state index contributed by atoms with van der Waals surface area (Å²) in [5.41, 5.74) is 5.94. The van der Waals surface area contributed by atoms with Gasteiger partial charge in [-0.3, -0.25) is 0 Å². The van der Waals surface area contributed by atoms with Gasteiger partial charge in [0.25, 0.3) is 0 Å². The second-order valence-electron chi connectivity index (χ2n) is 3.14. The average molecular weight is 197 g/mol. The number of nitrogens with two attached hydrogens (primary N) is 1. The van der Waals surface area contributed by atoms with E-state index in [0.717, 1.165) is 12.8 Å². The average Bonchev–Trinajstić information content (AvgIpc) is 2.20. The lowest BCUT2D eigenvalue weighted by molar-refractivity contribution is 0.115. The Morgan fingerprint density at radius 2 is 2.00 bits per heavy atom. The van der Waals surface area contributed by atoms with E-state index < -0.39 is 0 Å². The number of unbranched alkanes of at least 4 members (excludes halogenated alkanes) is 1. The maximum absolute atomic E-state index is 13.1. The van der Waals surface area contributed by atoms with Crippen molar-refractivity contribution >= 4 is 0 Å². The molecule has 0 aliphatic carbocycles. The summed E-state index contributed by atoms with van der Waals surface area (Å²) in [5.74, 6) is -0.202. The van der Waals surface area contributed by atoms with Gasteiger partial charge in [0.05, 0.1) is 6.61 Å². The van der Waals surface area contributed by atoms with Crippen LogP contribution in [-0.4, -0.2) is 13.2 Å². The topological polar surface area (TPSA) is 35.2 Å². The highest BCUT2D eigenvalue weighted by molar-refractivity contribution is 5.16. The SMILES string of the molecule is NCCCCOCc1ccccc1F. The molecule has 0 atom stereocenters. The molecule has 1 rings (SSSR count). The monoisotopic (exact) mass is 197 g/mol. The summed E-state index contributed by atoms with van der Waals surface area (Å²) >= 11 is 0. The predicted molar refractivity (Wildman–Crippen MR) is 54.3 cm³/mol. The van der Waals surface area contributed by atoms with Crippen molar-refractivity contribution in [2.75, 3.05) is 13.2 Å². The van der Waals surface area contributed by atoms with Gasteiger partial charge in [0.15, 0.2) is 0 Å². The van der Waals surface area contributed by atoms with Gasteiger partial charge in [-0.2, -0.15) is 0 Å². The van der Waals surface area contributed by atoms with Crippen molar-refractivity contribution < 1.29 is 9.13 Å². The molecule has 0 unspecified atom stereocenters. The molecular weight excluding hydrogens is 181 g/mol. The highest BCUT2D eigenvalue weighted by Gasteiger charge is 1.99. The van der Waals surface area contributed by atoms with E-state index in [9.17, 15) is 4.39 Å². The van der Waals surface area contributed by atoms with Crippen LogP contribution in [0.3, 0.4) is 0 Å². The Hall–Kier alpha value is -0.930. The van der Waals surface area contributed by atoms with Crippen molar-refractivity contribution in [3.8, 4) is 0 Å². The zero-order valence-electron chi connectivity index (χ0n) is 8.21. The summed E-state index contributed by atoms with van der Waals surface area (Å²) < 4.78 is 18.4. The molecule has 1 aromatic rings. The van der Waals surface area contributed by atoms with Crippen LogP contribution in [0, 0.1) is 5.82 Å². The fourth-order valence-electron chi connectivity index (χ4n) is 1.15. The Kier molecular flexibility index (Phi) is 5.19. The molecule has 0 amide bonds. The number of benzene rings is 1. The van der Waals surface area contributed by atoms with Crippen molar-refractivity contribution in [2.45, 2.75) is 19.4 Å².